The van der Waals surface area contributed by atoms with Crippen LogP contribution in [0.15, 0.2) is 11.2 Å². The number of hydrogen-bond acceptors (Lipinski definition) is 4. The Morgan fingerprint density at radius 2 is 1.71 bits per heavy atom. The van der Waals surface area contributed by atoms with Crippen molar-refractivity contribution in [2.75, 3.05) is 0 Å². The van der Waals surface area contributed by atoms with Crippen LogP contribution in [-0.4, -0.2) is 21.8 Å². The highest BCUT2D eigenvalue weighted by Crippen LogP contribution is 2.43. The van der Waals surface area contributed by atoms with Gasteiger partial charge in [0.2, 0.25) is 0 Å². The molecule has 0 fully saturated rings. The monoisotopic (exact) mass is 276 g/mol. The van der Waals surface area contributed by atoms with Gasteiger partial charge in [-0.25, -0.2) is 9.97 Å². The van der Waals surface area contributed by atoms with Crippen LogP contribution < -0.4 is 0 Å². The summed E-state index contributed by atoms with van der Waals surface area (Å²) in [7, 11) is 0. The van der Waals surface area contributed by atoms with Crippen molar-refractivity contribution in [3.05, 3.63) is 17.7 Å². The Kier molecular flexibility index (Phi) is 3.65. The molecule has 0 radical (unpaired) electrons. The lowest BCUT2D eigenvalue weighted by Crippen LogP contribution is -2.14. The van der Waals surface area contributed by atoms with E-state index in [-0.39, 0.29) is 6.29 Å². The first-order valence-corrected chi connectivity index (χ1v) is 4.60. The molecule has 0 aromatic carbocycles. The lowest BCUT2D eigenvalue weighted by molar-refractivity contribution is -0.143. The molecule has 0 amide bonds. The van der Waals surface area contributed by atoms with Crippen LogP contribution in [0, 0.1) is 0 Å². The van der Waals surface area contributed by atoms with E-state index >= 15 is 0 Å². The van der Waals surface area contributed by atoms with Crippen molar-refractivity contribution in [3.63, 3.8) is 0 Å². The molecule has 0 bridgehead atoms. The summed E-state index contributed by atoms with van der Waals surface area (Å²) in [6.07, 6.45) is -4.90. The van der Waals surface area contributed by atoms with Crippen molar-refractivity contribution in [2.24, 2.45) is 0 Å². The van der Waals surface area contributed by atoms with Crippen molar-refractivity contribution >= 4 is 18.0 Å². The third-order valence-electron chi connectivity index (χ3n) is 1.43. The molecule has 1 aromatic rings. The fourth-order valence-electron chi connectivity index (χ4n) is 0.890. The molecule has 0 aliphatic rings. The van der Waals surface area contributed by atoms with E-state index in [2.05, 4.69) is 9.97 Å². The summed E-state index contributed by atoms with van der Waals surface area (Å²) in [5.74, 6) is 0. The minimum absolute atomic E-state index is 0.189. The number of hydrogen-bond donors (Lipinski definition) is 0. The van der Waals surface area contributed by atoms with E-state index in [1.54, 1.807) is 0 Å². The predicted octanol–water partition coefficient (Wildman–Crippen LogP) is 2.92. The largest absolute Gasteiger partial charge is 0.446 e. The number of alkyl halides is 6. The number of halogens is 6. The van der Waals surface area contributed by atoms with Gasteiger partial charge in [-0.2, -0.15) is 26.3 Å². The van der Waals surface area contributed by atoms with Crippen molar-refractivity contribution in [3.8, 4) is 0 Å². The second-order valence-corrected chi connectivity index (χ2v) is 3.68. The number of nitrogens with zero attached hydrogens (tertiary/aromatic N) is 2. The molecular weight excluding hydrogens is 274 g/mol. The zero-order valence-electron chi connectivity index (χ0n) is 7.63. The van der Waals surface area contributed by atoms with Crippen LogP contribution in [0.25, 0.3) is 0 Å². The molecular formula is C7H2F6N2OS. The molecule has 94 valence electrons. The molecule has 10 heteroatoms. The molecule has 1 aromatic heterocycles. The molecule has 3 nitrogen and oxygen atoms in total. The lowest BCUT2D eigenvalue weighted by Gasteiger charge is -2.13. The maximum absolute atomic E-state index is 12.4. The van der Waals surface area contributed by atoms with Crippen LogP contribution in [0.1, 0.15) is 16.2 Å². The summed E-state index contributed by atoms with van der Waals surface area (Å²) < 4.78 is 73.2. The van der Waals surface area contributed by atoms with Gasteiger partial charge in [-0.15, -0.1) is 0 Å². The molecule has 0 saturated heterocycles. The fraction of sp³-hybridized carbons (Fsp3) is 0.286. The van der Waals surface area contributed by atoms with E-state index in [1.807, 2.05) is 0 Å². The zero-order chi connectivity index (χ0) is 13.3. The standard InChI is InChI=1S/C7H2F6N2OS/c8-6(9,10)5-4(17-7(11,12)13)3(1-16)14-2-15-5/h1-2H. The maximum Gasteiger partial charge on any atom is 0.446 e. The van der Waals surface area contributed by atoms with Crippen LogP contribution in [-0.2, 0) is 6.18 Å². The molecule has 0 spiro atoms. The van der Waals surface area contributed by atoms with Gasteiger partial charge in [0.15, 0.2) is 12.0 Å². The molecule has 1 heterocycles. The molecule has 0 N–H and O–H groups in total. The van der Waals surface area contributed by atoms with Crippen LogP contribution in [0.4, 0.5) is 26.3 Å². The SMILES string of the molecule is O=Cc1ncnc(C(F)(F)F)c1SC(F)(F)F. The van der Waals surface area contributed by atoms with Crippen molar-refractivity contribution < 1.29 is 31.1 Å². The van der Waals surface area contributed by atoms with Gasteiger partial charge in [0.05, 0.1) is 4.90 Å². The van der Waals surface area contributed by atoms with E-state index in [0.29, 0.717) is 6.33 Å². The topological polar surface area (TPSA) is 42.9 Å². The van der Waals surface area contributed by atoms with E-state index < -0.39 is 39.7 Å². The Bertz CT molecular complexity index is 429. The minimum Gasteiger partial charge on any atom is -0.296 e. The number of aldehydes is 1. The summed E-state index contributed by atoms with van der Waals surface area (Å²) in [6.45, 7) is 0. The molecule has 0 aliphatic heterocycles. The fourth-order valence-corrected chi connectivity index (χ4v) is 1.59. The van der Waals surface area contributed by atoms with Gasteiger partial charge in [0.25, 0.3) is 0 Å². The number of carbonyl (C=O) groups excluding carboxylic acids is 1. The molecule has 1 rings (SSSR count). The first-order valence-electron chi connectivity index (χ1n) is 3.78. The number of carbonyl (C=O) groups is 1. The maximum atomic E-state index is 12.4. The quantitative estimate of drug-likeness (QED) is 0.473. The Morgan fingerprint density at radius 3 is 2.12 bits per heavy atom. The van der Waals surface area contributed by atoms with Gasteiger partial charge >= 0.3 is 11.7 Å². The van der Waals surface area contributed by atoms with E-state index in [4.69, 9.17) is 0 Å². The summed E-state index contributed by atoms with van der Waals surface area (Å²) in [5.41, 5.74) is -7.70. The second-order valence-electron chi connectivity index (χ2n) is 2.60. The smallest absolute Gasteiger partial charge is 0.296 e. The first kappa shape index (κ1) is 13.7. The Hall–Kier alpha value is -1.32. The Labute approximate surface area is 94.2 Å². The van der Waals surface area contributed by atoms with Gasteiger partial charge < -0.3 is 0 Å². The first-order chi connectivity index (χ1) is 7.65. The summed E-state index contributed by atoms with van der Waals surface area (Å²) in [5, 5.41) is 0. The zero-order valence-corrected chi connectivity index (χ0v) is 8.45. The number of aromatic nitrogens is 2. The van der Waals surface area contributed by atoms with Gasteiger partial charge in [-0.1, -0.05) is 0 Å². The molecule has 0 atom stereocenters. The predicted molar refractivity (Wildman–Crippen MR) is 44.3 cm³/mol. The third-order valence-corrected chi connectivity index (χ3v) is 2.27. The highest BCUT2D eigenvalue weighted by molar-refractivity contribution is 8.00. The third kappa shape index (κ3) is 3.58. The minimum atomic E-state index is -5.09. The molecule has 0 aliphatic carbocycles. The normalized spacial score (nSPS) is 12.6. The summed E-state index contributed by atoms with van der Waals surface area (Å²) in [4.78, 5) is 14.8. The van der Waals surface area contributed by atoms with Gasteiger partial charge in [0, 0.05) is 0 Å². The van der Waals surface area contributed by atoms with Crippen molar-refractivity contribution in [1.82, 2.24) is 9.97 Å². The van der Waals surface area contributed by atoms with E-state index in [1.165, 1.54) is 0 Å². The molecule has 17 heavy (non-hydrogen) atoms. The highest BCUT2D eigenvalue weighted by atomic mass is 32.2. The van der Waals surface area contributed by atoms with Crippen LogP contribution in [0.2, 0.25) is 0 Å². The molecule has 0 unspecified atom stereocenters. The van der Waals surface area contributed by atoms with Gasteiger partial charge in [0.1, 0.15) is 12.0 Å². The van der Waals surface area contributed by atoms with Crippen molar-refractivity contribution in [2.45, 2.75) is 16.6 Å². The summed E-state index contributed by atoms with van der Waals surface area (Å²) >= 11 is -1.07. The van der Waals surface area contributed by atoms with Gasteiger partial charge in [-0.05, 0) is 11.8 Å². The average Bonchev–Trinajstić information content (AvgIpc) is 2.13. The average molecular weight is 276 g/mol. The number of rotatable bonds is 2. The lowest BCUT2D eigenvalue weighted by atomic mass is 10.3. The summed E-state index contributed by atoms with van der Waals surface area (Å²) in [6, 6.07) is 0. The van der Waals surface area contributed by atoms with Crippen LogP contribution in [0.3, 0.4) is 0 Å². The van der Waals surface area contributed by atoms with Gasteiger partial charge in [-0.3, -0.25) is 4.79 Å². The van der Waals surface area contributed by atoms with Crippen molar-refractivity contribution in [1.29, 1.82) is 0 Å². The van der Waals surface area contributed by atoms with Crippen LogP contribution >= 0.6 is 11.8 Å². The van der Waals surface area contributed by atoms with Crippen LogP contribution in [0.5, 0.6) is 0 Å². The van der Waals surface area contributed by atoms with E-state index in [9.17, 15) is 31.1 Å². The molecule has 0 saturated carbocycles. The highest BCUT2D eigenvalue weighted by Gasteiger charge is 2.41. The number of thioether (sulfide) groups is 1. The second kappa shape index (κ2) is 4.51. The Morgan fingerprint density at radius 1 is 1.12 bits per heavy atom. The Balaban J connectivity index is 3.36. The van der Waals surface area contributed by atoms with E-state index in [0.717, 1.165) is 0 Å².